The van der Waals surface area contributed by atoms with E-state index in [0.717, 1.165) is 70.6 Å². The normalized spacial score (nSPS) is 12.9. The Morgan fingerprint density at radius 1 is 0.476 bits per heavy atom. The van der Waals surface area contributed by atoms with Crippen LogP contribution in [0.15, 0.2) is 0 Å². The average Bonchev–Trinajstić information content (AvgIpc) is 2.98. The largest absolute Gasteiger partial charge is 0.508 e. The molecule has 5 heteroatoms. The fourth-order valence-corrected chi connectivity index (χ4v) is 6.09. The smallest absolute Gasteiger partial charge is 0.481 e. The molecule has 0 rings (SSSR count). The lowest BCUT2D eigenvalue weighted by molar-refractivity contribution is -0.142. The molecule has 0 aliphatic carbocycles. The van der Waals surface area contributed by atoms with Crippen molar-refractivity contribution in [2.75, 3.05) is 13.2 Å². The van der Waals surface area contributed by atoms with E-state index >= 15 is 0 Å². The first-order valence-corrected chi connectivity index (χ1v) is 18.5. The quantitative estimate of drug-likeness (QED) is 0.0617. The van der Waals surface area contributed by atoms with Crippen molar-refractivity contribution in [1.29, 1.82) is 0 Å². The molecule has 0 aromatic heterocycles. The Balaban J connectivity index is 4.15. The molecule has 0 heterocycles. The second-order valence-electron chi connectivity index (χ2n) is 13.0. The molecule has 2 atom stereocenters. The molecule has 5 nitrogen and oxygen atoms in total. The SMILES string of the molecule is CCCCCCC(CCCCCC)COC(=O)OCCCCCCC(CCCC)CCCC(CCCCCC)C(=O)O. The molecule has 0 aromatic carbocycles. The van der Waals surface area contributed by atoms with Gasteiger partial charge < -0.3 is 14.6 Å². The van der Waals surface area contributed by atoms with Crippen molar-refractivity contribution in [3.63, 3.8) is 0 Å². The number of rotatable bonds is 32. The Labute approximate surface area is 261 Å². The van der Waals surface area contributed by atoms with Crippen molar-refractivity contribution < 1.29 is 24.2 Å². The summed E-state index contributed by atoms with van der Waals surface area (Å²) in [4.78, 5) is 23.9. The number of ether oxygens (including phenoxy) is 2. The Kier molecular flexibility index (Phi) is 30.2. The van der Waals surface area contributed by atoms with Gasteiger partial charge in [0.2, 0.25) is 0 Å². The third-order valence-corrected chi connectivity index (χ3v) is 8.98. The monoisotopic (exact) mass is 597 g/mol. The highest BCUT2D eigenvalue weighted by Crippen LogP contribution is 2.26. The number of carbonyl (C=O) groups is 2. The molecule has 42 heavy (non-hydrogen) atoms. The summed E-state index contributed by atoms with van der Waals surface area (Å²) < 4.78 is 10.9. The fraction of sp³-hybridized carbons (Fsp3) is 0.946. The van der Waals surface area contributed by atoms with Gasteiger partial charge in [-0.2, -0.15) is 0 Å². The Morgan fingerprint density at radius 2 is 0.905 bits per heavy atom. The van der Waals surface area contributed by atoms with Gasteiger partial charge in [0.25, 0.3) is 0 Å². The number of carboxylic acid groups (broad SMARTS) is 1. The van der Waals surface area contributed by atoms with Gasteiger partial charge in [0.15, 0.2) is 0 Å². The third-order valence-electron chi connectivity index (χ3n) is 8.98. The van der Waals surface area contributed by atoms with Crippen LogP contribution in [0.4, 0.5) is 4.79 Å². The van der Waals surface area contributed by atoms with Crippen LogP contribution in [0.25, 0.3) is 0 Å². The Bertz CT molecular complexity index is 581. The van der Waals surface area contributed by atoms with Crippen LogP contribution in [0.2, 0.25) is 0 Å². The molecular weight excluding hydrogens is 524 g/mol. The average molecular weight is 597 g/mol. The Morgan fingerprint density at radius 3 is 1.45 bits per heavy atom. The fourth-order valence-electron chi connectivity index (χ4n) is 6.09. The molecule has 0 bridgehead atoms. The van der Waals surface area contributed by atoms with Crippen molar-refractivity contribution in [3.8, 4) is 0 Å². The predicted octanol–water partition coefficient (Wildman–Crippen LogP) is 12.3. The van der Waals surface area contributed by atoms with E-state index in [4.69, 9.17) is 9.47 Å². The van der Waals surface area contributed by atoms with Crippen LogP contribution in [0.1, 0.15) is 195 Å². The topological polar surface area (TPSA) is 72.8 Å². The van der Waals surface area contributed by atoms with Gasteiger partial charge in [0.1, 0.15) is 0 Å². The molecule has 0 aliphatic heterocycles. The highest BCUT2D eigenvalue weighted by atomic mass is 16.7. The van der Waals surface area contributed by atoms with Gasteiger partial charge in [-0.1, -0.05) is 163 Å². The molecule has 0 saturated heterocycles. The zero-order chi connectivity index (χ0) is 31.1. The van der Waals surface area contributed by atoms with E-state index in [1.807, 2.05) is 0 Å². The molecule has 2 unspecified atom stereocenters. The van der Waals surface area contributed by atoms with Crippen molar-refractivity contribution in [1.82, 2.24) is 0 Å². The number of carbonyl (C=O) groups excluding carboxylic acids is 1. The summed E-state index contributed by atoms with van der Waals surface area (Å²) in [6, 6.07) is 0. The maximum atomic E-state index is 12.2. The van der Waals surface area contributed by atoms with Gasteiger partial charge in [-0.3, -0.25) is 4.79 Å². The molecule has 0 amide bonds. The van der Waals surface area contributed by atoms with Crippen LogP contribution in [0.5, 0.6) is 0 Å². The summed E-state index contributed by atoms with van der Waals surface area (Å²) in [5.41, 5.74) is 0. The molecule has 0 fully saturated rings. The van der Waals surface area contributed by atoms with Gasteiger partial charge >= 0.3 is 12.1 Å². The van der Waals surface area contributed by atoms with Crippen molar-refractivity contribution >= 4 is 12.1 Å². The molecule has 250 valence electrons. The second kappa shape index (κ2) is 31.2. The van der Waals surface area contributed by atoms with Gasteiger partial charge in [-0.05, 0) is 43.9 Å². The first kappa shape index (κ1) is 40.7. The minimum absolute atomic E-state index is 0.164. The van der Waals surface area contributed by atoms with Gasteiger partial charge in [0, 0.05) is 0 Å². The van der Waals surface area contributed by atoms with Crippen LogP contribution in [0, 0.1) is 17.8 Å². The van der Waals surface area contributed by atoms with E-state index in [0.29, 0.717) is 25.0 Å². The van der Waals surface area contributed by atoms with Gasteiger partial charge in [0.05, 0.1) is 19.1 Å². The number of unbranched alkanes of at least 4 members (excludes halogenated alkanes) is 13. The number of carboxylic acids is 1. The molecule has 0 saturated carbocycles. The van der Waals surface area contributed by atoms with E-state index in [9.17, 15) is 14.7 Å². The minimum Gasteiger partial charge on any atom is -0.481 e. The molecule has 1 N–H and O–H groups in total. The van der Waals surface area contributed by atoms with Crippen LogP contribution in [-0.4, -0.2) is 30.4 Å². The third kappa shape index (κ3) is 26.4. The number of aliphatic carboxylic acids is 1. The van der Waals surface area contributed by atoms with E-state index in [-0.39, 0.29) is 5.92 Å². The van der Waals surface area contributed by atoms with Crippen LogP contribution in [0.3, 0.4) is 0 Å². The second-order valence-corrected chi connectivity index (χ2v) is 13.0. The first-order chi connectivity index (χ1) is 20.5. The highest BCUT2D eigenvalue weighted by Gasteiger charge is 2.18. The number of hydrogen-bond donors (Lipinski definition) is 1. The summed E-state index contributed by atoms with van der Waals surface area (Å²) in [6.45, 7) is 9.87. The lowest BCUT2D eigenvalue weighted by atomic mass is 9.88. The Hall–Kier alpha value is -1.26. The van der Waals surface area contributed by atoms with Crippen LogP contribution >= 0.6 is 0 Å². The molecule has 0 radical (unpaired) electrons. The van der Waals surface area contributed by atoms with E-state index in [2.05, 4.69) is 27.7 Å². The standard InChI is InChI=1S/C37H72O5/c1-5-9-13-18-26-34(27-19-14-10-6-2)32-42-37(40)41-31-22-17-16-20-25-33(24-12-8-4)28-23-30-35(36(38)39)29-21-15-11-7-3/h33-35H,5-32H2,1-4H3,(H,38,39). The van der Waals surface area contributed by atoms with E-state index in [1.54, 1.807) is 0 Å². The lowest BCUT2D eigenvalue weighted by Gasteiger charge is -2.18. The van der Waals surface area contributed by atoms with Crippen molar-refractivity contribution in [3.05, 3.63) is 0 Å². The maximum Gasteiger partial charge on any atom is 0.508 e. The summed E-state index contributed by atoms with van der Waals surface area (Å²) >= 11 is 0. The summed E-state index contributed by atoms with van der Waals surface area (Å²) in [5, 5.41) is 9.63. The molecular formula is C37H72O5. The summed E-state index contributed by atoms with van der Waals surface area (Å²) in [5.74, 6) is 0.408. The zero-order valence-electron chi connectivity index (χ0n) is 28.6. The minimum atomic E-state index is -0.604. The van der Waals surface area contributed by atoms with E-state index < -0.39 is 12.1 Å². The maximum absolute atomic E-state index is 12.2. The highest BCUT2D eigenvalue weighted by molar-refractivity contribution is 5.69. The number of hydrogen-bond acceptors (Lipinski definition) is 4. The first-order valence-electron chi connectivity index (χ1n) is 18.5. The van der Waals surface area contributed by atoms with Gasteiger partial charge in [-0.25, -0.2) is 4.79 Å². The van der Waals surface area contributed by atoms with Gasteiger partial charge in [-0.15, -0.1) is 0 Å². The van der Waals surface area contributed by atoms with Crippen LogP contribution < -0.4 is 0 Å². The van der Waals surface area contributed by atoms with Crippen molar-refractivity contribution in [2.45, 2.75) is 195 Å². The lowest BCUT2D eigenvalue weighted by Crippen LogP contribution is -2.16. The van der Waals surface area contributed by atoms with Crippen LogP contribution in [-0.2, 0) is 14.3 Å². The summed E-state index contributed by atoms with van der Waals surface area (Å²) in [6.07, 6.45) is 29.7. The molecule has 0 aliphatic rings. The predicted molar refractivity (Wildman–Crippen MR) is 178 cm³/mol. The molecule has 0 aromatic rings. The zero-order valence-corrected chi connectivity index (χ0v) is 28.6. The van der Waals surface area contributed by atoms with Crippen molar-refractivity contribution in [2.24, 2.45) is 17.8 Å². The molecule has 0 spiro atoms. The summed E-state index contributed by atoms with van der Waals surface area (Å²) in [7, 11) is 0. The van der Waals surface area contributed by atoms with E-state index in [1.165, 1.54) is 96.3 Å².